The monoisotopic (exact) mass is 401 g/mol. The molecule has 3 rings (SSSR count). The molecule has 2 saturated heterocycles. The first kappa shape index (κ1) is 21.9. The number of guanidine groups is 1. The number of aliphatic imine (C=N–C) groups is 1. The third-order valence-corrected chi connectivity index (χ3v) is 6.00. The highest BCUT2D eigenvalue weighted by Crippen LogP contribution is 2.24. The summed E-state index contributed by atoms with van der Waals surface area (Å²) in [6.45, 7) is 11.4. The Morgan fingerprint density at radius 3 is 2.69 bits per heavy atom. The topological polar surface area (TPSA) is 63.1 Å². The van der Waals surface area contributed by atoms with Crippen LogP contribution in [0.25, 0.3) is 0 Å². The lowest BCUT2D eigenvalue weighted by atomic mass is 10.1. The van der Waals surface area contributed by atoms with Gasteiger partial charge in [0.1, 0.15) is 0 Å². The van der Waals surface area contributed by atoms with Crippen LogP contribution in [0.2, 0.25) is 0 Å². The third-order valence-electron chi connectivity index (χ3n) is 6.00. The normalized spacial score (nSPS) is 20.1. The van der Waals surface area contributed by atoms with E-state index in [0.717, 1.165) is 57.9 Å². The fraction of sp³-hybridized carbons (Fsp3) is 0.696. The Balaban J connectivity index is 1.49. The van der Waals surface area contributed by atoms with E-state index in [1.54, 1.807) is 0 Å². The average molecular weight is 402 g/mol. The van der Waals surface area contributed by atoms with E-state index < -0.39 is 0 Å². The molecule has 6 heteroatoms. The van der Waals surface area contributed by atoms with Crippen LogP contribution < -0.4 is 15.5 Å². The lowest BCUT2D eigenvalue weighted by molar-refractivity contribution is 0.0824. The summed E-state index contributed by atoms with van der Waals surface area (Å²) in [5.74, 6) is 0.889. The van der Waals surface area contributed by atoms with E-state index in [4.69, 9.17) is 4.99 Å². The molecule has 0 spiro atoms. The second kappa shape index (κ2) is 11.4. The van der Waals surface area contributed by atoms with Crippen LogP contribution >= 0.6 is 0 Å². The Morgan fingerprint density at radius 1 is 1.21 bits per heavy atom. The van der Waals surface area contributed by atoms with Gasteiger partial charge >= 0.3 is 0 Å². The summed E-state index contributed by atoms with van der Waals surface area (Å²) in [7, 11) is 0. The van der Waals surface area contributed by atoms with Crippen LogP contribution in [0.1, 0.15) is 57.6 Å². The van der Waals surface area contributed by atoms with Gasteiger partial charge in [0.25, 0.3) is 0 Å². The maximum absolute atomic E-state index is 9.62. The highest BCUT2D eigenvalue weighted by molar-refractivity contribution is 5.80. The average Bonchev–Trinajstić information content (AvgIpc) is 3.27. The van der Waals surface area contributed by atoms with Crippen molar-refractivity contribution in [1.82, 2.24) is 15.5 Å². The molecule has 0 saturated carbocycles. The standard InChI is InChI=1S/C23H39N5O/c1-3-24-23(25-12-7-13-27-16-10-22(29)11-17-27)26-19(2)20-8-6-9-21(18-20)28-14-4-5-15-28/h6,8-9,18-19,22,29H,3-5,7,10-17H2,1-2H3,(H2,24,25,26). The van der Waals surface area contributed by atoms with Gasteiger partial charge in [-0.1, -0.05) is 12.1 Å². The molecule has 1 unspecified atom stereocenters. The fourth-order valence-corrected chi connectivity index (χ4v) is 4.20. The lowest BCUT2D eigenvalue weighted by Gasteiger charge is -2.29. The van der Waals surface area contributed by atoms with Gasteiger partial charge in [0, 0.05) is 45.0 Å². The maximum atomic E-state index is 9.62. The number of hydrogen-bond donors (Lipinski definition) is 3. The summed E-state index contributed by atoms with van der Waals surface area (Å²) >= 11 is 0. The third kappa shape index (κ3) is 6.89. The van der Waals surface area contributed by atoms with Gasteiger partial charge in [-0.2, -0.15) is 0 Å². The number of anilines is 1. The Labute approximate surface area is 176 Å². The predicted octanol–water partition coefficient (Wildman–Crippen LogP) is 2.75. The Hall–Kier alpha value is -1.79. The SMILES string of the molecule is CCNC(=NCCCN1CCC(O)CC1)NC(C)c1cccc(N2CCCC2)c1. The van der Waals surface area contributed by atoms with Crippen LogP contribution in [0.4, 0.5) is 5.69 Å². The quantitative estimate of drug-likeness (QED) is 0.355. The minimum absolute atomic E-state index is 0.0979. The first-order valence-corrected chi connectivity index (χ1v) is 11.5. The number of nitrogens with zero attached hydrogens (tertiary/aromatic N) is 3. The highest BCUT2D eigenvalue weighted by Gasteiger charge is 2.16. The molecule has 0 amide bonds. The number of piperidine rings is 1. The van der Waals surface area contributed by atoms with Gasteiger partial charge in [-0.3, -0.25) is 4.99 Å². The Bertz CT molecular complexity index is 636. The minimum Gasteiger partial charge on any atom is -0.393 e. The molecule has 3 N–H and O–H groups in total. The minimum atomic E-state index is -0.0979. The molecular weight excluding hydrogens is 362 g/mol. The van der Waals surface area contributed by atoms with Crippen LogP contribution in [0.5, 0.6) is 0 Å². The van der Waals surface area contributed by atoms with Gasteiger partial charge in [-0.05, 0) is 70.2 Å². The Kier molecular flexibility index (Phi) is 8.62. The molecule has 2 fully saturated rings. The van der Waals surface area contributed by atoms with E-state index in [9.17, 15) is 5.11 Å². The van der Waals surface area contributed by atoms with Crippen molar-refractivity contribution in [3.8, 4) is 0 Å². The zero-order chi connectivity index (χ0) is 20.5. The first-order valence-electron chi connectivity index (χ1n) is 11.5. The number of benzene rings is 1. The molecule has 0 radical (unpaired) electrons. The second-order valence-electron chi connectivity index (χ2n) is 8.34. The molecule has 1 aromatic rings. The van der Waals surface area contributed by atoms with Crippen molar-refractivity contribution in [1.29, 1.82) is 0 Å². The van der Waals surface area contributed by atoms with Crippen LogP contribution in [0.3, 0.4) is 0 Å². The van der Waals surface area contributed by atoms with E-state index >= 15 is 0 Å². The molecular formula is C23H39N5O. The zero-order valence-electron chi connectivity index (χ0n) is 18.2. The summed E-state index contributed by atoms with van der Waals surface area (Å²) in [5.41, 5.74) is 2.63. The van der Waals surface area contributed by atoms with Crippen molar-refractivity contribution in [2.45, 2.75) is 58.1 Å². The van der Waals surface area contributed by atoms with Crippen molar-refractivity contribution in [2.24, 2.45) is 4.99 Å². The zero-order valence-corrected chi connectivity index (χ0v) is 18.2. The van der Waals surface area contributed by atoms with Crippen LogP contribution in [0.15, 0.2) is 29.3 Å². The van der Waals surface area contributed by atoms with Gasteiger partial charge < -0.3 is 25.5 Å². The molecule has 2 aliphatic heterocycles. The number of likely N-dealkylation sites (tertiary alicyclic amines) is 1. The van der Waals surface area contributed by atoms with Crippen LogP contribution in [-0.4, -0.2) is 67.9 Å². The van der Waals surface area contributed by atoms with E-state index in [2.05, 4.69) is 58.5 Å². The molecule has 1 atom stereocenters. The van der Waals surface area contributed by atoms with Gasteiger partial charge in [0.05, 0.1) is 12.1 Å². The number of rotatable bonds is 8. The lowest BCUT2D eigenvalue weighted by Crippen LogP contribution is -2.39. The Morgan fingerprint density at radius 2 is 1.97 bits per heavy atom. The van der Waals surface area contributed by atoms with Gasteiger partial charge in [0.2, 0.25) is 0 Å². The van der Waals surface area contributed by atoms with Crippen molar-refractivity contribution >= 4 is 11.6 Å². The summed E-state index contributed by atoms with van der Waals surface area (Å²) in [5, 5.41) is 16.6. The summed E-state index contributed by atoms with van der Waals surface area (Å²) in [6, 6.07) is 9.11. The second-order valence-corrected chi connectivity index (χ2v) is 8.34. The van der Waals surface area contributed by atoms with Gasteiger partial charge in [-0.15, -0.1) is 0 Å². The predicted molar refractivity (Wildman–Crippen MR) is 122 cm³/mol. The van der Waals surface area contributed by atoms with Crippen molar-refractivity contribution in [3.63, 3.8) is 0 Å². The number of hydrogen-bond acceptors (Lipinski definition) is 4. The van der Waals surface area contributed by atoms with Gasteiger partial charge in [0.15, 0.2) is 5.96 Å². The van der Waals surface area contributed by atoms with Crippen LogP contribution in [-0.2, 0) is 0 Å². The molecule has 2 heterocycles. The van der Waals surface area contributed by atoms with Crippen molar-refractivity contribution in [2.75, 3.05) is 50.7 Å². The molecule has 6 nitrogen and oxygen atoms in total. The molecule has 0 bridgehead atoms. The fourth-order valence-electron chi connectivity index (χ4n) is 4.20. The van der Waals surface area contributed by atoms with Crippen molar-refractivity contribution in [3.05, 3.63) is 29.8 Å². The molecule has 2 aliphatic rings. The van der Waals surface area contributed by atoms with Gasteiger partial charge in [-0.25, -0.2) is 0 Å². The molecule has 0 aromatic heterocycles. The summed E-state index contributed by atoms with van der Waals surface area (Å²) in [6.07, 6.45) is 5.36. The van der Waals surface area contributed by atoms with Crippen LogP contribution in [0, 0.1) is 0 Å². The van der Waals surface area contributed by atoms with E-state index in [1.165, 1.54) is 37.2 Å². The first-order chi connectivity index (χ1) is 14.2. The number of nitrogens with one attached hydrogen (secondary N) is 2. The maximum Gasteiger partial charge on any atom is 0.191 e. The van der Waals surface area contributed by atoms with E-state index in [1.807, 2.05) is 0 Å². The largest absolute Gasteiger partial charge is 0.393 e. The molecule has 0 aliphatic carbocycles. The number of aliphatic hydroxyl groups is 1. The molecule has 1 aromatic carbocycles. The van der Waals surface area contributed by atoms with E-state index in [-0.39, 0.29) is 12.1 Å². The highest BCUT2D eigenvalue weighted by atomic mass is 16.3. The molecule has 162 valence electrons. The number of aliphatic hydroxyl groups excluding tert-OH is 1. The smallest absolute Gasteiger partial charge is 0.191 e. The van der Waals surface area contributed by atoms with E-state index in [0.29, 0.717) is 0 Å². The molecule has 29 heavy (non-hydrogen) atoms. The van der Waals surface area contributed by atoms with Crippen molar-refractivity contribution < 1.29 is 5.11 Å². The summed E-state index contributed by atoms with van der Waals surface area (Å²) in [4.78, 5) is 9.71. The summed E-state index contributed by atoms with van der Waals surface area (Å²) < 4.78 is 0.